The molecule has 1 saturated heterocycles. The molecule has 0 aliphatic carbocycles. The van der Waals surface area contributed by atoms with Crippen LogP contribution in [0.2, 0.25) is 0 Å². The highest BCUT2D eigenvalue weighted by atomic mass is 16.5. The van der Waals surface area contributed by atoms with Crippen molar-refractivity contribution in [1.29, 1.82) is 0 Å². The van der Waals surface area contributed by atoms with Gasteiger partial charge in [0.05, 0.1) is 26.7 Å². The second kappa shape index (κ2) is 6.04. The van der Waals surface area contributed by atoms with E-state index in [1.54, 1.807) is 0 Å². The van der Waals surface area contributed by atoms with Crippen molar-refractivity contribution in [1.82, 2.24) is 0 Å². The van der Waals surface area contributed by atoms with Gasteiger partial charge >= 0.3 is 5.97 Å². The van der Waals surface area contributed by atoms with E-state index in [1.165, 1.54) is 31.9 Å². The number of quaternary nitrogens is 1. The molecule has 0 aromatic rings. The third-order valence-corrected chi connectivity index (χ3v) is 3.34. The Labute approximate surface area is 98.7 Å². The number of ether oxygens (including phenoxy) is 1. The van der Waals surface area contributed by atoms with Gasteiger partial charge in [-0.25, -0.2) is 4.79 Å². The van der Waals surface area contributed by atoms with Gasteiger partial charge in [0.1, 0.15) is 0 Å². The van der Waals surface area contributed by atoms with Crippen LogP contribution in [0.4, 0.5) is 0 Å². The van der Waals surface area contributed by atoms with Crippen molar-refractivity contribution in [3.8, 4) is 0 Å². The number of methoxy groups -OCH3 is 1. The lowest BCUT2D eigenvalue weighted by Crippen LogP contribution is -2.54. The van der Waals surface area contributed by atoms with Gasteiger partial charge in [-0.3, -0.25) is 0 Å². The largest absolute Gasteiger partial charge is 0.465 e. The van der Waals surface area contributed by atoms with Crippen molar-refractivity contribution in [2.75, 3.05) is 33.3 Å². The van der Waals surface area contributed by atoms with Gasteiger partial charge < -0.3 is 9.22 Å². The molecule has 1 fully saturated rings. The summed E-state index contributed by atoms with van der Waals surface area (Å²) in [6.07, 6.45) is 6.01. The summed E-state index contributed by atoms with van der Waals surface area (Å²) in [5.74, 6) is -0.0796. The Bertz CT molecular complexity index is 261. The number of hydrogen-bond donors (Lipinski definition) is 0. The maximum absolute atomic E-state index is 11.5. The molecule has 0 spiro atoms. The Hall–Kier alpha value is -0.830. The van der Waals surface area contributed by atoms with E-state index in [0.717, 1.165) is 24.1 Å². The summed E-state index contributed by atoms with van der Waals surface area (Å²) >= 11 is 0. The van der Waals surface area contributed by atoms with Crippen molar-refractivity contribution in [2.24, 2.45) is 0 Å². The molecule has 1 aliphatic rings. The number of carbonyl (C=O) groups excluding carboxylic acids is 1. The second-order valence-electron chi connectivity index (χ2n) is 5.05. The standard InChI is InChI=1S/C13H24NO2/c1-12(2)7-10-14(11-13(15)16-3)8-5-4-6-9-14/h7H,4-6,8-11H2,1-3H3/q+1. The number of piperidine rings is 1. The number of hydrogen-bond acceptors (Lipinski definition) is 2. The molecule has 0 amide bonds. The summed E-state index contributed by atoms with van der Waals surface area (Å²) in [5.41, 5.74) is 1.33. The fourth-order valence-corrected chi connectivity index (χ4v) is 2.30. The quantitative estimate of drug-likeness (QED) is 0.417. The first-order valence-electron chi connectivity index (χ1n) is 6.13. The lowest BCUT2D eigenvalue weighted by molar-refractivity contribution is -0.920. The van der Waals surface area contributed by atoms with Gasteiger partial charge in [0, 0.05) is 0 Å². The van der Waals surface area contributed by atoms with Crippen LogP contribution in [0.3, 0.4) is 0 Å². The molecule has 0 aromatic carbocycles. The normalized spacial score (nSPS) is 18.9. The van der Waals surface area contributed by atoms with Crippen LogP contribution in [-0.2, 0) is 9.53 Å². The van der Waals surface area contributed by atoms with E-state index < -0.39 is 0 Å². The molecule has 1 rings (SSSR count). The van der Waals surface area contributed by atoms with Gasteiger partial charge in [0.2, 0.25) is 0 Å². The minimum atomic E-state index is -0.0796. The Morgan fingerprint density at radius 3 is 2.38 bits per heavy atom. The average Bonchev–Trinajstić information content (AvgIpc) is 2.28. The SMILES string of the molecule is COC(=O)C[N+]1(CC=C(C)C)CCCCC1. The van der Waals surface area contributed by atoms with Crippen LogP contribution in [-0.4, -0.2) is 43.7 Å². The molecule has 3 nitrogen and oxygen atoms in total. The molecule has 1 heterocycles. The first-order valence-corrected chi connectivity index (χ1v) is 6.13. The predicted molar refractivity (Wildman–Crippen MR) is 65.0 cm³/mol. The van der Waals surface area contributed by atoms with E-state index >= 15 is 0 Å². The fourth-order valence-electron chi connectivity index (χ4n) is 2.30. The van der Waals surface area contributed by atoms with E-state index in [0.29, 0.717) is 6.54 Å². The Balaban J connectivity index is 2.67. The van der Waals surface area contributed by atoms with Crippen LogP contribution in [0.25, 0.3) is 0 Å². The molecule has 92 valence electrons. The smallest absolute Gasteiger partial charge is 0.361 e. The third-order valence-electron chi connectivity index (χ3n) is 3.34. The number of likely N-dealkylation sites (tertiary alicyclic amines) is 1. The van der Waals surface area contributed by atoms with Crippen molar-refractivity contribution >= 4 is 5.97 Å². The number of nitrogens with zero attached hydrogens (tertiary/aromatic N) is 1. The zero-order valence-corrected chi connectivity index (χ0v) is 10.8. The van der Waals surface area contributed by atoms with Crippen LogP contribution in [0, 0.1) is 0 Å². The molecular weight excluding hydrogens is 202 g/mol. The first kappa shape index (κ1) is 13.2. The van der Waals surface area contributed by atoms with Crippen LogP contribution >= 0.6 is 0 Å². The van der Waals surface area contributed by atoms with Gasteiger partial charge in [0.15, 0.2) is 6.54 Å². The van der Waals surface area contributed by atoms with Crippen LogP contribution in [0.5, 0.6) is 0 Å². The molecule has 0 unspecified atom stereocenters. The summed E-state index contributed by atoms with van der Waals surface area (Å²) in [4.78, 5) is 11.5. The lowest BCUT2D eigenvalue weighted by Gasteiger charge is -2.39. The fraction of sp³-hybridized carbons (Fsp3) is 0.769. The van der Waals surface area contributed by atoms with Crippen LogP contribution in [0.1, 0.15) is 33.1 Å². The Kier molecular flexibility index (Phi) is 5.00. The van der Waals surface area contributed by atoms with Crippen molar-refractivity contribution in [2.45, 2.75) is 33.1 Å². The average molecular weight is 226 g/mol. The van der Waals surface area contributed by atoms with Gasteiger partial charge in [-0.05, 0) is 39.2 Å². The minimum Gasteiger partial charge on any atom is -0.465 e. The van der Waals surface area contributed by atoms with E-state index in [-0.39, 0.29) is 5.97 Å². The molecule has 3 heteroatoms. The molecule has 0 saturated carbocycles. The zero-order valence-electron chi connectivity index (χ0n) is 10.8. The third kappa shape index (κ3) is 3.97. The van der Waals surface area contributed by atoms with E-state index in [1.807, 2.05) is 0 Å². The highest BCUT2D eigenvalue weighted by Gasteiger charge is 2.31. The monoisotopic (exact) mass is 226 g/mol. The van der Waals surface area contributed by atoms with Gasteiger partial charge in [-0.15, -0.1) is 0 Å². The van der Waals surface area contributed by atoms with Gasteiger partial charge in [-0.1, -0.05) is 5.57 Å². The van der Waals surface area contributed by atoms with Gasteiger partial charge in [-0.2, -0.15) is 0 Å². The summed E-state index contributed by atoms with van der Waals surface area (Å²) in [5, 5.41) is 0. The second-order valence-corrected chi connectivity index (χ2v) is 5.05. The topological polar surface area (TPSA) is 26.3 Å². The molecule has 0 aromatic heterocycles. The summed E-state index contributed by atoms with van der Waals surface area (Å²) < 4.78 is 5.70. The van der Waals surface area contributed by atoms with Crippen molar-refractivity contribution in [3.63, 3.8) is 0 Å². The summed E-state index contributed by atoms with van der Waals surface area (Å²) in [7, 11) is 1.48. The van der Waals surface area contributed by atoms with Crippen molar-refractivity contribution in [3.05, 3.63) is 11.6 Å². The molecular formula is C13H24NO2+. The first-order chi connectivity index (χ1) is 7.58. The Morgan fingerprint density at radius 1 is 1.25 bits per heavy atom. The number of rotatable bonds is 4. The molecule has 0 radical (unpaired) electrons. The molecule has 0 N–H and O–H groups in total. The maximum Gasteiger partial charge on any atom is 0.361 e. The number of esters is 1. The molecule has 0 atom stereocenters. The summed E-state index contributed by atoms with van der Waals surface area (Å²) in [6, 6.07) is 0. The number of allylic oxidation sites excluding steroid dienone is 1. The summed E-state index contributed by atoms with van der Waals surface area (Å²) in [6.45, 7) is 7.94. The highest BCUT2D eigenvalue weighted by molar-refractivity contribution is 5.70. The molecule has 1 aliphatic heterocycles. The number of carbonyl (C=O) groups is 1. The van der Waals surface area contributed by atoms with Crippen LogP contribution < -0.4 is 0 Å². The van der Waals surface area contributed by atoms with Crippen LogP contribution in [0.15, 0.2) is 11.6 Å². The Morgan fingerprint density at radius 2 is 1.88 bits per heavy atom. The van der Waals surface area contributed by atoms with Gasteiger partial charge in [0.25, 0.3) is 0 Å². The highest BCUT2D eigenvalue weighted by Crippen LogP contribution is 2.19. The van der Waals surface area contributed by atoms with E-state index in [4.69, 9.17) is 4.74 Å². The minimum absolute atomic E-state index is 0.0796. The van der Waals surface area contributed by atoms with Crippen molar-refractivity contribution < 1.29 is 14.0 Å². The van der Waals surface area contributed by atoms with E-state index in [9.17, 15) is 4.79 Å². The lowest BCUT2D eigenvalue weighted by atomic mass is 10.1. The predicted octanol–water partition coefficient (Wildman–Crippen LogP) is 2.13. The molecule has 0 bridgehead atoms. The maximum atomic E-state index is 11.5. The van der Waals surface area contributed by atoms with E-state index in [2.05, 4.69) is 19.9 Å². The zero-order chi connectivity index (χ0) is 12.0. The molecule has 16 heavy (non-hydrogen) atoms.